The van der Waals surface area contributed by atoms with Crippen molar-refractivity contribution >= 4 is 27.5 Å². The lowest BCUT2D eigenvalue weighted by Crippen LogP contribution is -2.50. The van der Waals surface area contributed by atoms with Crippen LogP contribution in [0.1, 0.15) is 45.8 Å². The minimum Gasteiger partial charge on any atom is -0.370 e. The Kier molecular flexibility index (Phi) is 4.63. The summed E-state index contributed by atoms with van der Waals surface area (Å²) in [7, 11) is -0.290. The van der Waals surface area contributed by atoms with E-state index in [9.17, 15) is 13.2 Å². The third kappa shape index (κ3) is 3.20. The molecule has 1 saturated heterocycles. The molecule has 1 aliphatic carbocycles. The summed E-state index contributed by atoms with van der Waals surface area (Å²) in [6, 6.07) is 2.32. The van der Waals surface area contributed by atoms with Gasteiger partial charge in [0.25, 0.3) is 16.1 Å². The lowest BCUT2D eigenvalue weighted by atomic mass is 9.83. The van der Waals surface area contributed by atoms with Gasteiger partial charge < -0.3 is 10.1 Å². The van der Waals surface area contributed by atoms with E-state index >= 15 is 0 Å². The molecule has 1 aromatic heterocycles. The van der Waals surface area contributed by atoms with Crippen LogP contribution in [0.15, 0.2) is 6.07 Å². The van der Waals surface area contributed by atoms with Gasteiger partial charge in [-0.05, 0) is 37.3 Å². The Morgan fingerprint density at radius 3 is 2.65 bits per heavy atom. The van der Waals surface area contributed by atoms with Crippen LogP contribution in [0.4, 0.5) is 0 Å². The first-order valence-electron chi connectivity index (χ1n) is 9.07. The first-order chi connectivity index (χ1) is 12.3. The highest BCUT2D eigenvalue weighted by atomic mass is 32.2. The first-order valence-corrected chi connectivity index (χ1v) is 11.3. The summed E-state index contributed by atoms with van der Waals surface area (Å²) in [6.07, 6.45) is 4.19. The number of piperidine rings is 1. The van der Waals surface area contributed by atoms with Gasteiger partial charge >= 0.3 is 0 Å². The molecule has 2 aliphatic heterocycles. The van der Waals surface area contributed by atoms with E-state index in [1.807, 2.05) is 6.07 Å². The van der Waals surface area contributed by atoms with Crippen molar-refractivity contribution in [2.24, 2.45) is 0 Å². The van der Waals surface area contributed by atoms with E-state index in [1.54, 1.807) is 25.4 Å². The number of thiophene rings is 1. The molecule has 0 bridgehead atoms. The summed E-state index contributed by atoms with van der Waals surface area (Å²) < 4.78 is 33.7. The summed E-state index contributed by atoms with van der Waals surface area (Å²) >= 11 is 1.56. The molecule has 2 fully saturated rings. The molecule has 1 aromatic rings. The molecular formula is C17H25N3O4S2. The molecule has 3 heterocycles. The Balaban J connectivity index is 1.54. The van der Waals surface area contributed by atoms with Gasteiger partial charge in [-0.2, -0.15) is 17.0 Å². The predicted octanol–water partition coefficient (Wildman–Crippen LogP) is 1.31. The number of nitrogens with one attached hydrogen (secondary N) is 1. The minimum atomic E-state index is -3.40. The van der Waals surface area contributed by atoms with E-state index in [0.717, 1.165) is 29.7 Å². The highest BCUT2D eigenvalue weighted by molar-refractivity contribution is 7.86. The molecule has 9 heteroatoms. The quantitative estimate of drug-likeness (QED) is 0.828. The van der Waals surface area contributed by atoms with E-state index < -0.39 is 15.8 Å². The third-order valence-corrected chi connectivity index (χ3v) is 8.60. The van der Waals surface area contributed by atoms with Crippen molar-refractivity contribution in [2.75, 3.05) is 33.8 Å². The monoisotopic (exact) mass is 399 g/mol. The van der Waals surface area contributed by atoms with Gasteiger partial charge in [0.2, 0.25) is 0 Å². The van der Waals surface area contributed by atoms with Crippen molar-refractivity contribution in [3.63, 3.8) is 0 Å². The molecule has 0 radical (unpaired) electrons. The van der Waals surface area contributed by atoms with Crippen LogP contribution < -0.4 is 5.32 Å². The zero-order valence-corrected chi connectivity index (χ0v) is 16.8. The van der Waals surface area contributed by atoms with Crippen molar-refractivity contribution in [3.8, 4) is 0 Å². The van der Waals surface area contributed by atoms with Crippen LogP contribution in [0.5, 0.6) is 0 Å². The Morgan fingerprint density at radius 2 is 2.04 bits per heavy atom. The highest BCUT2D eigenvalue weighted by Crippen LogP contribution is 2.45. The maximum atomic E-state index is 12.4. The molecule has 4 rings (SSSR count). The van der Waals surface area contributed by atoms with Crippen molar-refractivity contribution in [3.05, 3.63) is 21.4 Å². The van der Waals surface area contributed by atoms with E-state index in [4.69, 9.17) is 4.74 Å². The second kappa shape index (κ2) is 6.56. The zero-order valence-electron chi connectivity index (χ0n) is 15.2. The molecule has 0 atom stereocenters. The second-order valence-electron chi connectivity index (χ2n) is 7.48. The maximum Gasteiger partial charge on any atom is 0.281 e. The van der Waals surface area contributed by atoms with Gasteiger partial charge in [-0.3, -0.25) is 4.79 Å². The van der Waals surface area contributed by atoms with Crippen molar-refractivity contribution in [2.45, 2.75) is 43.7 Å². The van der Waals surface area contributed by atoms with Gasteiger partial charge in [-0.25, -0.2) is 0 Å². The number of hydrogen-bond donors (Lipinski definition) is 1. The molecular weight excluding hydrogens is 374 g/mol. The summed E-state index contributed by atoms with van der Waals surface area (Å²) in [4.78, 5) is 14.4. The predicted molar refractivity (Wildman–Crippen MR) is 99.6 cm³/mol. The van der Waals surface area contributed by atoms with Crippen LogP contribution in [0, 0.1) is 0 Å². The number of carbonyl (C=O) groups excluding carboxylic acids is 1. The van der Waals surface area contributed by atoms with Crippen molar-refractivity contribution < 1.29 is 17.9 Å². The summed E-state index contributed by atoms with van der Waals surface area (Å²) in [5.41, 5.74) is 0.636. The molecule has 1 spiro atoms. The van der Waals surface area contributed by atoms with E-state index in [2.05, 4.69) is 5.32 Å². The summed E-state index contributed by atoms with van der Waals surface area (Å²) in [5.74, 6) is 0.00896. The molecule has 1 saturated carbocycles. The number of hydrogen-bond acceptors (Lipinski definition) is 5. The van der Waals surface area contributed by atoms with Crippen LogP contribution >= 0.6 is 11.3 Å². The van der Waals surface area contributed by atoms with Crippen LogP contribution in [0.2, 0.25) is 0 Å². The Morgan fingerprint density at radius 1 is 1.35 bits per heavy atom. The van der Waals surface area contributed by atoms with Gasteiger partial charge in [0.1, 0.15) is 0 Å². The van der Waals surface area contributed by atoms with Gasteiger partial charge in [0, 0.05) is 44.5 Å². The standard InChI is InChI=1S/C17H25N3O4S2/c1-19(2)26(22,23)20-8-6-17(7-9-20)13-11-15(16(21)18-12-3-4-12)25-14(13)5-10-24-17/h11-12H,3-10H2,1-2H3,(H,18,21). The molecule has 26 heavy (non-hydrogen) atoms. The van der Waals surface area contributed by atoms with Crippen molar-refractivity contribution in [1.29, 1.82) is 0 Å². The van der Waals surface area contributed by atoms with E-state index in [-0.39, 0.29) is 5.91 Å². The molecule has 144 valence electrons. The number of nitrogens with zero attached hydrogens (tertiary/aromatic N) is 2. The topological polar surface area (TPSA) is 79.0 Å². The van der Waals surface area contributed by atoms with Crippen molar-refractivity contribution in [1.82, 2.24) is 13.9 Å². The fourth-order valence-corrected chi connectivity index (χ4v) is 5.98. The van der Waals surface area contributed by atoms with E-state index in [1.165, 1.54) is 13.5 Å². The number of carbonyl (C=O) groups is 1. The molecule has 1 amide bonds. The largest absolute Gasteiger partial charge is 0.370 e. The van der Waals surface area contributed by atoms with E-state index in [0.29, 0.717) is 38.6 Å². The average molecular weight is 400 g/mol. The molecule has 0 unspecified atom stereocenters. The van der Waals surface area contributed by atoms with Gasteiger partial charge in [0.15, 0.2) is 0 Å². The SMILES string of the molecule is CN(C)S(=O)(=O)N1CCC2(CC1)OCCc1sc(C(=O)NC3CC3)cc12. The number of rotatable bonds is 4. The summed E-state index contributed by atoms with van der Waals surface area (Å²) in [5, 5.41) is 3.05. The van der Waals surface area contributed by atoms with Crippen LogP contribution in [0.3, 0.4) is 0 Å². The molecule has 7 nitrogen and oxygen atoms in total. The average Bonchev–Trinajstić information content (AvgIpc) is 3.30. The summed E-state index contributed by atoms with van der Waals surface area (Å²) in [6.45, 7) is 1.48. The van der Waals surface area contributed by atoms with Crippen LogP contribution in [0.25, 0.3) is 0 Å². The Bertz CT molecular complexity index is 806. The Labute approximate surface area is 158 Å². The van der Waals surface area contributed by atoms with Crippen LogP contribution in [-0.4, -0.2) is 62.8 Å². The number of fused-ring (bicyclic) bond motifs is 2. The number of amides is 1. The second-order valence-corrected chi connectivity index (χ2v) is 10.8. The highest BCUT2D eigenvalue weighted by Gasteiger charge is 2.44. The molecule has 0 aromatic carbocycles. The molecule has 1 N–H and O–H groups in total. The Hall–Kier alpha value is -1.00. The van der Waals surface area contributed by atoms with Gasteiger partial charge in [-0.1, -0.05) is 0 Å². The van der Waals surface area contributed by atoms with Crippen LogP contribution in [-0.2, 0) is 27.0 Å². The third-order valence-electron chi connectivity index (χ3n) is 5.46. The van der Waals surface area contributed by atoms with Gasteiger partial charge in [-0.15, -0.1) is 11.3 Å². The maximum absolute atomic E-state index is 12.4. The normalized spacial score (nSPS) is 23.2. The first kappa shape index (κ1) is 18.4. The zero-order chi connectivity index (χ0) is 18.5. The lowest BCUT2D eigenvalue weighted by Gasteiger charge is -2.43. The van der Waals surface area contributed by atoms with Gasteiger partial charge in [0.05, 0.1) is 17.1 Å². The fraction of sp³-hybridized carbons (Fsp3) is 0.706. The molecule has 3 aliphatic rings. The number of ether oxygens (including phenoxy) is 1. The fourth-order valence-electron chi connectivity index (χ4n) is 3.74. The lowest BCUT2D eigenvalue weighted by molar-refractivity contribution is -0.0886. The smallest absolute Gasteiger partial charge is 0.281 e. The minimum absolute atomic E-state index is 0.00896.